The van der Waals surface area contributed by atoms with Gasteiger partial charge in [-0.2, -0.15) is 0 Å². The van der Waals surface area contributed by atoms with Crippen LogP contribution in [-0.4, -0.2) is 67.7 Å². The Morgan fingerprint density at radius 1 is 0.925 bits per heavy atom. The molecule has 5 rings (SSSR count). The highest BCUT2D eigenvalue weighted by atomic mass is 19.1. The maximum absolute atomic E-state index is 13.4. The van der Waals surface area contributed by atoms with Crippen molar-refractivity contribution in [1.29, 1.82) is 0 Å². The molecule has 40 heavy (non-hydrogen) atoms. The lowest BCUT2D eigenvalue weighted by Gasteiger charge is -2.36. The summed E-state index contributed by atoms with van der Waals surface area (Å²) in [7, 11) is 0. The molecular weight excluding hydrogens is 515 g/mol. The highest BCUT2D eigenvalue weighted by Crippen LogP contribution is 2.34. The average molecular weight is 549 g/mol. The number of hydrogen-bond donors (Lipinski definition) is 0. The molecule has 0 N–H and O–H groups in total. The van der Waals surface area contributed by atoms with Crippen LogP contribution < -0.4 is 19.3 Å². The number of non-ortho nitro benzene ring substituents is 1. The van der Waals surface area contributed by atoms with Crippen LogP contribution in [0.4, 0.5) is 21.5 Å². The monoisotopic (exact) mass is 548 g/mol. The molecule has 3 aromatic carbocycles. The SMILES string of the molecule is O=C1C(CCOc2ccc([N+](=O)[O-])cc2)Oc2ccccc2N1CCCCN1CCN(c2ccc(F)cc2)CC1. The van der Waals surface area contributed by atoms with Crippen molar-refractivity contribution in [3.8, 4) is 11.5 Å². The Balaban J connectivity index is 1.09. The van der Waals surface area contributed by atoms with Crippen LogP contribution in [0.2, 0.25) is 0 Å². The summed E-state index contributed by atoms with van der Waals surface area (Å²) >= 11 is 0. The minimum absolute atomic E-state index is 0.00218. The first-order valence-electron chi connectivity index (χ1n) is 13.6. The van der Waals surface area contributed by atoms with Crippen molar-refractivity contribution in [3.63, 3.8) is 0 Å². The van der Waals surface area contributed by atoms with Gasteiger partial charge in [0.25, 0.3) is 11.6 Å². The van der Waals surface area contributed by atoms with Gasteiger partial charge in [-0.1, -0.05) is 12.1 Å². The molecule has 1 amide bonds. The number of ether oxygens (including phenoxy) is 2. The van der Waals surface area contributed by atoms with Gasteiger partial charge in [0.1, 0.15) is 17.3 Å². The molecule has 1 saturated heterocycles. The summed E-state index contributed by atoms with van der Waals surface area (Å²) in [6, 6.07) is 20.1. The van der Waals surface area contributed by atoms with Crippen molar-refractivity contribution in [2.75, 3.05) is 55.7 Å². The number of halogens is 1. The average Bonchev–Trinajstić information content (AvgIpc) is 2.97. The van der Waals surface area contributed by atoms with E-state index in [0.717, 1.165) is 56.9 Å². The number of nitrogens with zero attached hydrogens (tertiary/aromatic N) is 4. The van der Waals surface area contributed by atoms with Crippen molar-refractivity contribution >= 4 is 23.0 Å². The normalized spacial score (nSPS) is 17.3. The van der Waals surface area contributed by atoms with Gasteiger partial charge in [0.2, 0.25) is 0 Å². The zero-order valence-electron chi connectivity index (χ0n) is 22.3. The zero-order chi connectivity index (χ0) is 27.9. The third-order valence-corrected chi connectivity index (χ3v) is 7.33. The lowest BCUT2D eigenvalue weighted by Crippen LogP contribution is -2.47. The minimum Gasteiger partial charge on any atom is -0.493 e. The number of fused-ring (bicyclic) bond motifs is 1. The van der Waals surface area contributed by atoms with Crippen molar-refractivity contribution in [2.24, 2.45) is 0 Å². The van der Waals surface area contributed by atoms with Gasteiger partial charge in [0.15, 0.2) is 6.10 Å². The van der Waals surface area contributed by atoms with Gasteiger partial charge in [-0.05, 0) is 67.9 Å². The van der Waals surface area contributed by atoms with E-state index >= 15 is 0 Å². The van der Waals surface area contributed by atoms with E-state index in [4.69, 9.17) is 9.47 Å². The summed E-state index contributed by atoms with van der Waals surface area (Å²) in [6.45, 7) is 5.53. The van der Waals surface area contributed by atoms with Crippen LogP contribution in [-0.2, 0) is 4.79 Å². The van der Waals surface area contributed by atoms with Crippen LogP contribution >= 0.6 is 0 Å². The molecule has 1 atom stereocenters. The van der Waals surface area contributed by atoms with Crippen LogP contribution in [0.3, 0.4) is 0 Å². The predicted octanol–water partition coefficient (Wildman–Crippen LogP) is 4.90. The van der Waals surface area contributed by atoms with E-state index in [1.807, 2.05) is 41.3 Å². The standard InChI is InChI=1S/C30H33FN4O5/c31-23-7-9-24(10-8-23)33-20-18-32(19-21-33)16-3-4-17-34-27-5-1-2-6-28(27)40-29(30(34)36)15-22-39-26-13-11-25(12-14-26)35(37)38/h1-2,5-14,29H,3-4,15-22H2. The highest BCUT2D eigenvalue weighted by Gasteiger charge is 2.34. The van der Waals surface area contributed by atoms with Gasteiger partial charge in [0.05, 0.1) is 17.2 Å². The van der Waals surface area contributed by atoms with Crippen LogP contribution in [0, 0.1) is 15.9 Å². The second kappa shape index (κ2) is 12.8. The second-order valence-electron chi connectivity index (χ2n) is 9.96. The summed E-state index contributed by atoms with van der Waals surface area (Å²) in [4.78, 5) is 30.3. The quantitative estimate of drug-likeness (QED) is 0.191. The maximum Gasteiger partial charge on any atom is 0.269 e. The number of rotatable bonds is 11. The molecule has 0 saturated carbocycles. The zero-order valence-corrected chi connectivity index (χ0v) is 22.3. The fraction of sp³-hybridized carbons (Fsp3) is 0.367. The number of benzene rings is 3. The Kier molecular flexibility index (Phi) is 8.75. The number of anilines is 2. The molecule has 9 nitrogen and oxygen atoms in total. The summed E-state index contributed by atoms with van der Waals surface area (Å²) in [5.74, 6) is 0.883. The number of carbonyl (C=O) groups is 1. The second-order valence-corrected chi connectivity index (χ2v) is 9.96. The predicted molar refractivity (Wildman–Crippen MR) is 151 cm³/mol. The number of amides is 1. The van der Waals surface area contributed by atoms with Crippen molar-refractivity contribution < 1.29 is 23.6 Å². The fourth-order valence-corrected chi connectivity index (χ4v) is 5.12. The highest BCUT2D eigenvalue weighted by molar-refractivity contribution is 6.00. The van der Waals surface area contributed by atoms with Gasteiger partial charge in [0, 0.05) is 57.0 Å². The van der Waals surface area contributed by atoms with E-state index in [-0.39, 0.29) is 24.0 Å². The molecule has 2 aliphatic rings. The number of nitro benzene ring substituents is 1. The number of carbonyl (C=O) groups excluding carboxylic acids is 1. The molecule has 1 unspecified atom stereocenters. The maximum atomic E-state index is 13.4. The van der Waals surface area contributed by atoms with Gasteiger partial charge in [-0.3, -0.25) is 19.8 Å². The molecule has 0 spiro atoms. The Hall–Kier alpha value is -4.18. The number of unbranched alkanes of at least 4 members (excludes halogenated alkanes) is 1. The first-order chi connectivity index (χ1) is 19.5. The Morgan fingerprint density at radius 3 is 2.35 bits per heavy atom. The lowest BCUT2D eigenvalue weighted by molar-refractivity contribution is -0.384. The van der Waals surface area contributed by atoms with Crippen LogP contribution in [0.15, 0.2) is 72.8 Å². The molecule has 1 fully saturated rings. The fourth-order valence-electron chi connectivity index (χ4n) is 5.12. The third-order valence-electron chi connectivity index (χ3n) is 7.33. The smallest absolute Gasteiger partial charge is 0.269 e. The van der Waals surface area contributed by atoms with Gasteiger partial charge < -0.3 is 19.3 Å². The summed E-state index contributed by atoms with van der Waals surface area (Å²) in [5, 5.41) is 10.8. The van der Waals surface area contributed by atoms with Gasteiger partial charge >= 0.3 is 0 Å². The number of hydrogen-bond acceptors (Lipinski definition) is 7. The summed E-state index contributed by atoms with van der Waals surface area (Å²) < 4.78 is 25.0. The summed E-state index contributed by atoms with van der Waals surface area (Å²) in [6.07, 6.45) is 1.54. The van der Waals surface area contributed by atoms with Crippen LogP contribution in [0.25, 0.3) is 0 Å². The van der Waals surface area contributed by atoms with Crippen molar-refractivity contribution in [3.05, 3.63) is 88.7 Å². The number of piperazine rings is 1. The molecule has 0 radical (unpaired) electrons. The van der Waals surface area contributed by atoms with Gasteiger partial charge in [-0.25, -0.2) is 4.39 Å². The van der Waals surface area contributed by atoms with E-state index < -0.39 is 11.0 Å². The third kappa shape index (κ3) is 6.69. The topological polar surface area (TPSA) is 88.4 Å². The van der Waals surface area contributed by atoms with Crippen LogP contribution in [0.1, 0.15) is 19.3 Å². The first kappa shape index (κ1) is 27.4. The molecular formula is C30H33FN4O5. The van der Waals surface area contributed by atoms with E-state index in [9.17, 15) is 19.3 Å². The summed E-state index contributed by atoms with van der Waals surface area (Å²) in [5.41, 5.74) is 1.84. The van der Waals surface area contributed by atoms with Gasteiger partial charge in [-0.15, -0.1) is 0 Å². The van der Waals surface area contributed by atoms with Crippen molar-refractivity contribution in [2.45, 2.75) is 25.4 Å². The Morgan fingerprint density at radius 2 is 1.62 bits per heavy atom. The lowest BCUT2D eigenvalue weighted by atomic mass is 10.1. The molecule has 0 aromatic heterocycles. The number of para-hydroxylation sites is 2. The molecule has 0 bridgehead atoms. The van der Waals surface area contributed by atoms with E-state index in [1.54, 1.807) is 12.1 Å². The van der Waals surface area contributed by atoms with Crippen LogP contribution in [0.5, 0.6) is 11.5 Å². The number of nitro groups is 1. The van der Waals surface area contributed by atoms with E-state index in [0.29, 0.717) is 24.5 Å². The molecule has 3 aromatic rings. The molecule has 10 heteroatoms. The Bertz CT molecular complexity index is 1300. The first-order valence-corrected chi connectivity index (χ1v) is 13.6. The largest absolute Gasteiger partial charge is 0.493 e. The van der Waals surface area contributed by atoms with Crippen molar-refractivity contribution in [1.82, 2.24) is 4.90 Å². The molecule has 2 aliphatic heterocycles. The Labute approximate surface area is 232 Å². The minimum atomic E-state index is -0.660. The molecule has 2 heterocycles. The van der Waals surface area contributed by atoms with E-state index in [2.05, 4.69) is 9.80 Å². The molecule has 0 aliphatic carbocycles. The van der Waals surface area contributed by atoms with E-state index in [1.165, 1.54) is 24.3 Å². The molecule has 210 valence electrons.